The monoisotopic (exact) mass is 349 g/mol. The van der Waals surface area contributed by atoms with Crippen LogP contribution in [0, 0.1) is 13.8 Å². The van der Waals surface area contributed by atoms with Crippen LogP contribution in [0.1, 0.15) is 16.7 Å². The minimum Gasteiger partial charge on any atom is -0.393 e. The van der Waals surface area contributed by atoms with E-state index >= 15 is 0 Å². The molecule has 0 aliphatic rings. The van der Waals surface area contributed by atoms with Crippen LogP contribution in [0.3, 0.4) is 0 Å². The highest BCUT2D eigenvalue weighted by atomic mass is 32.2. The van der Waals surface area contributed by atoms with Gasteiger partial charge in [-0.15, -0.1) is 0 Å². The van der Waals surface area contributed by atoms with Gasteiger partial charge in [-0.3, -0.25) is 0 Å². The van der Waals surface area contributed by atoms with Crippen molar-refractivity contribution in [3.05, 3.63) is 65.2 Å². The van der Waals surface area contributed by atoms with Gasteiger partial charge >= 0.3 is 0 Å². The number of hydrogen-bond acceptors (Lipinski definition) is 4. The molecule has 24 heavy (non-hydrogen) atoms. The molecule has 0 amide bonds. The largest absolute Gasteiger partial charge is 0.393 e. The molecule has 0 aliphatic heterocycles. The van der Waals surface area contributed by atoms with E-state index in [0.29, 0.717) is 11.1 Å². The van der Waals surface area contributed by atoms with E-state index in [4.69, 9.17) is 0 Å². The van der Waals surface area contributed by atoms with E-state index in [0.717, 1.165) is 9.87 Å². The average molecular weight is 349 g/mol. The number of hydrogen-bond donors (Lipinski definition) is 2. The Hall–Kier alpha value is -1.73. The summed E-state index contributed by atoms with van der Waals surface area (Å²) < 4.78 is 26.8. The molecule has 2 aromatic rings. The van der Waals surface area contributed by atoms with Crippen LogP contribution in [0.2, 0.25) is 0 Å². The third-order valence-corrected chi connectivity index (χ3v) is 6.03. The summed E-state index contributed by atoms with van der Waals surface area (Å²) in [6.45, 7) is 2.73. The van der Waals surface area contributed by atoms with Crippen molar-refractivity contribution in [1.29, 1.82) is 0 Å². The highest BCUT2D eigenvalue weighted by molar-refractivity contribution is 7.89. The molecule has 0 aliphatic carbocycles. The fourth-order valence-corrected chi connectivity index (χ4v) is 4.12. The van der Waals surface area contributed by atoms with Crippen LogP contribution in [0.5, 0.6) is 0 Å². The lowest BCUT2D eigenvalue weighted by molar-refractivity contribution is -0.0287. The lowest BCUT2D eigenvalue weighted by atomic mass is 9.95. The van der Waals surface area contributed by atoms with Gasteiger partial charge in [-0.2, -0.15) is 4.31 Å². The number of aryl methyl sites for hydroxylation is 2. The van der Waals surface area contributed by atoms with Crippen molar-refractivity contribution in [2.75, 3.05) is 20.2 Å². The first kappa shape index (κ1) is 18.6. The van der Waals surface area contributed by atoms with Crippen LogP contribution in [-0.2, 0) is 15.6 Å². The van der Waals surface area contributed by atoms with E-state index < -0.39 is 22.2 Å². The summed E-state index contributed by atoms with van der Waals surface area (Å²) in [5.41, 5.74) is 0.282. The van der Waals surface area contributed by atoms with Gasteiger partial charge in [0.1, 0.15) is 5.60 Å². The summed E-state index contributed by atoms with van der Waals surface area (Å²) in [5, 5.41) is 20.4. The molecule has 0 heterocycles. The zero-order valence-corrected chi connectivity index (χ0v) is 14.9. The molecule has 2 rings (SSSR count). The third kappa shape index (κ3) is 3.67. The van der Waals surface area contributed by atoms with Gasteiger partial charge in [0.05, 0.1) is 11.5 Å². The van der Waals surface area contributed by atoms with E-state index in [2.05, 4.69) is 0 Å². The molecule has 0 radical (unpaired) electrons. The normalized spacial score (nSPS) is 14.6. The quantitative estimate of drug-likeness (QED) is 0.834. The Morgan fingerprint density at radius 1 is 1.08 bits per heavy atom. The molecule has 0 aromatic heterocycles. The van der Waals surface area contributed by atoms with Crippen LogP contribution in [0.25, 0.3) is 0 Å². The van der Waals surface area contributed by atoms with E-state index in [9.17, 15) is 18.6 Å². The van der Waals surface area contributed by atoms with Gasteiger partial charge in [0.2, 0.25) is 10.0 Å². The Kier molecular flexibility index (Phi) is 5.45. The average Bonchev–Trinajstić information content (AvgIpc) is 2.57. The van der Waals surface area contributed by atoms with Crippen molar-refractivity contribution in [1.82, 2.24) is 4.31 Å². The Bertz CT molecular complexity index is 805. The number of likely N-dealkylation sites (N-methyl/N-ethyl adjacent to an activating group) is 1. The molecule has 1 unspecified atom stereocenters. The molecule has 0 spiro atoms. The first-order valence-electron chi connectivity index (χ1n) is 7.63. The van der Waals surface area contributed by atoms with Gasteiger partial charge in [-0.25, -0.2) is 8.42 Å². The van der Waals surface area contributed by atoms with Gasteiger partial charge in [0.25, 0.3) is 0 Å². The zero-order chi connectivity index (χ0) is 18.0. The molecule has 0 saturated carbocycles. The molecular formula is C18H23NO4S. The Morgan fingerprint density at radius 2 is 1.71 bits per heavy atom. The second kappa shape index (κ2) is 7.03. The maximum Gasteiger partial charge on any atom is 0.243 e. The van der Waals surface area contributed by atoms with Crippen LogP contribution < -0.4 is 0 Å². The van der Waals surface area contributed by atoms with E-state index in [1.807, 2.05) is 13.0 Å². The van der Waals surface area contributed by atoms with Gasteiger partial charge < -0.3 is 10.2 Å². The first-order chi connectivity index (χ1) is 11.2. The summed E-state index contributed by atoms with van der Waals surface area (Å²) in [4.78, 5) is 0.207. The predicted octanol–water partition coefficient (Wildman–Crippen LogP) is 1.80. The molecule has 2 N–H and O–H groups in total. The first-order valence-corrected chi connectivity index (χ1v) is 9.07. The zero-order valence-electron chi connectivity index (χ0n) is 14.1. The second-order valence-corrected chi connectivity index (χ2v) is 8.10. The standard InChI is InChI=1S/C18H23NO4S/c1-14-9-10-15(2)17(11-14)24(22,23)19(3)12-18(21,13-20)16-7-5-4-6-8-16/h4-11,20-21H,12-13H2,1-3H3. The van der Waals surface area contributed by atoms with Crippen molar-refractivity contribution >= 4 is 10.0 Å². The second-order valence-electron chi connectivity index (χ2n) is 6.09. The number of benzene rings is 2. The number of nitrogens with zero attached hydrogens (tertiary/aromatic N) is 1. The van der Waals surface area contributed by atoms with Crippen molar-refractivity contribution < 1.29 is 18.6 Å². The number of aliphatic hydroxyl groups excluding tert-OH is 1. The fourth-order valence-electron chi connectivity index (χ4n) is 2.59. The van der Waals surface area contributed by atoms with Crippen molar-refractivity contribution in [3.8, 4) is 0 Å². The Morgan fingerprint density at radius 3 is 2.29 bits per heavy atom. The highest BCUT2D eigenvalue weighted by Crippen LogP contribution is 2.26. The molecule has 0 fully saturated rings. The van der Waals surface area contributed by atoms with Crippen molar-refractivity contribution in [3.63, 3.8) is 0 Å². The lowest BCUT2D eigenvalue weighted by Crippen LogP contribution is -2.44. The van der Waals surface area contributed by atoms with Crippen molar-refractivity contribution in [2.45, 2.75) is 24.3 Å². The summed E-state index contributed by atoms with van der Waals surface area (Å²) in [6.07, 6.45) is 0. The van der Waals surface area contributed by atoms with Crippen molar-refractivity contribution in [2.24, 2.45) is 0 Å². The molecule has 130 valence electrons. The van der Waals surface area contributed by atoms with Gasteiger partial charge in [-0.1, -0.05) is 42.5 Å². The molecule has 2 aromatic carbocycles. The summed E-state index contributed by atoms with van der Waals surface area (Å²) in [5.74, 6) is 0. The Labute approximate surface area is 143 Å². The van der Waals surface area contributed by atoms with E-state index in [-0.39, 0.29) is 11.4 Å². The number of aliphatic hydroxyl groups is 2. The lowest BCUT2D eigenvalue weighted by Gasteiger charge is -2.31. The summed E-state index contributed by atoms with van der Waals surface area (Å²) in [7, 11) is -2.38. The minimum absolute atomic E-state index is 0.207. The van der Waals surface area contributed by atoms with E-state index in [1.54, 1.807) is 49.4 Å². The molecule has 6 heteroatoms. The fraction of sp³-hybridized carbons (Fsp3) is 0.333. The topological polar surface area (TPSA) is 77.8 Å². The SMILES string of the molecule is Cc1ccc(C)c(S(=O)(=O)N(C)CC(O)(CO)c2ccccc2)c1. The highest BCUT2D eigenvalue weighted by Gasteiger charge is 2.34. The molecular weight excluding hydrogens is 326 g/mol. The van der Waals surface area contributed by atoms with Crippen LogP contribution in [-0.4, -0.2) is 43.1 Å². The van der Waals surface area contributed by atoms with Crippen LogP contribution >= 0.6 is 0 Å². The minimum atomic E-state index is -3.78. The number of sulfonamides is 1. The molecule has 5 nitrogen and oxygen atoms in total. The summed E-state index contributed by atoms with van der Waals surface area (Å²) in [6, 6.07) is 13.8. The smallest absolute Gasteiger partial charge is 0.243 e. The van der Waals surface area contributed by atoms with Crippen LogP contribution in [0.15, 0.2) is 53.4 Å². The van der Waals surface area contributed by atoms with Crippen LogP contribution in [0.4, 0.5) is 0 Å². The van der Waals surface area contributed by atoms with E-state index in [1.165, 1.54) is 7.05 Å². The number of rotatable bonds is 6. The predicted molar refractivity (Wildman–Crippen MR) is 93.2 cm³/mol. The maximum atomic E-state index is 12.9. The molecule has 0 bridgehead atoms. The maximum absolute atomic E-state index is 12.9. The van der Waals surface area contributed by atoms with Gasteiger partial charge in [-0.05, 0) is 36.6 Å². The molecule has 1 atom stereocenters. The Balaban J connectivity index is 2.36. The third-order valence-electron chi connectivity index (χ3n) is 4.09. The molecule has 0 saturated heterocycles. The van der Waals surface area contributed by atoms with Gasteiger partial charge in [0, 0.05) is 13.6 Å². The van der Waals surface area contributed by atoms with Gasteiger partial charge in [0.15, 0.2) is 0 Å². The summed E-state index contributed by atoms with van der Waals surface area (Å²) >= 11 is 0.